The van der Waals surface area contributed by atoms with Crippen LogP contribution in [-0.4, -0.2) is 11.9 Å². The van der Waals surface area contributed by atoms with E-state index in [0.717, 1.165) is 31.2 Å². The topological polar surface area (TPSA) is 84.2 Å². The fraction of sp³-hybridized carbons (Fsp3) is 0.368. The molecule has 1 aliphatic rings. The first kappa shape index (κ1) is 18.7. The Kier molecular flexibility index (Phi) is 5.84. The quantitative estimate of drug-likeness (QED) is 0.666. The summed E-state index contributed by atoms with van der Waals surface area (Å²) in [5.74, 6) is 0.148. The molecular weight excluding hydrogens is 370 g/mol. The molecule has 1 heterocycles. The van der Waals surface area contributed by atoms with Gasteiger partial charge in [-0.15, -0.1) is 11.3 Å². The van der Waals surface area contributed by atoms with Gasteiger partial charge in [0.25, 0.3) is 5.91 Å². The smallest absolute Gasteiger partial charge is 0.324 e. The third-order valence-electron chi connectivity index (χ3n) is 4.62. The van der Waals surface area contributed by atoms with Crippen LogP contribution >= 0.6 is 22.9 Å². The maximum absolute atomic E-state index is 12.3. The largest absolute Gasteiger partial charge is 0.365 e. The number of hydrogen-bond acceptors (Lipinski definition) is 3. The molecule has 7 heteroatoms. The number of halogens is 1. The molecule has 138 valence electrons. The first-order valence-corrected chi connectivity index (χ1v) is 9.95. The highest BCUT2D eigenvalue weighted by molar-refractivity contribution is 7.17. The molecule has 5 nitrogen and oxygen atoms in total. The Hall–Kier alpha value is -2.05. The molecule has 0 bridgehead atoms. The summed E-state index contributed by atoms with van der Waals surface area (Å²) in [6.07, 6.45) is 5.19. The van der Waals surface area contributed by atoms with E-state index < -0.39 is 11.9 Å². The lowest BCUT2D eigenvalue weighted by Crippen LogP contribution is -2.22. The molecule has 1 aromatic heterocycles. The molecule has 3 rings (SSSR count). The van der Waals surface area contributed by atoms with E-state index in [1.54, 1.807) is 24.3 Å². The minimum Gasteiger partial charge on any atom is -0.365 e. The number of anilines is 2. The lowest BCUT2D eigenvalue weighted by molar-refractivity contribution is 0.1000. The monoisotopic (exact) mass is 391 g/mol. The number of nitrogens with two attached hydrogens (primary N) is 1. The Morgan fingerprint density at radius 2 is 2.15 bits per heavy atom. The van der Waals surface area contributed by atoms with Crippen molar-refractivity contribution in [1.29, 1.82) is 0 Å². The number of hydrogen-bond donors (Lipinski definition) is 3. The lowest BCUT2D eigenvalue weighted by Gasteiger charge is -2.21. The number of benzene rings is 1. The molecule has 1 aliphatic carbocycles. The van der Waals surface area contributed by atoms with Crippen LogP contribution in [-0.2, 0) is 12.8 Å². The summed E-state index contributed by atoms with van der Waals surface area (Å²) in [4.78, 5) is 25.5. The number of thiophene rings is 1. The van der Waals surface area contributed by atoms with Crippen LogP contribution < -0.4 is 16.4 Å². The van der Waals surface area contributed by atoms with Gasteiger partial charge in [-0.25, -0.2) is 4.79 Å². The molecule has 0 saturated carbocycles. The Bertz CT molecular complexity index is 834. The highest BCUT2D eigenvalue weighted by atomic mass is 35.5. The molecule has 4 N–H and O–H groups in total. The summed E-state index contributed by atoms with van der Waals surface area (Å²) in [6, 6.07) is 6.47. The standard InChI is InChI=1S/C19H22ClN3O2S/c1-2-4-11-7-8-14-15(9-11)26-18(16(14)17(21)24)23-19(25)22-13-6-3-5-12(20)10-13/h3,5-6,10-11H,2,4,7-9H2,1H3,(H2,21,24)(H2,22,23,25). The van der Waals surface area contributed by atoms with E-state index in [-0.39, 0.29) is 0 Å². The molecule has 1 unspecified atom stereocenters. The maximum Gasteiger partial charge on any atom is 0.324 e. The van der Waals surface area contributed by atoms with Gasteiger partial charge in [0, 0.05) is 15.6 Å². The first-order chi connectivity index (χ1) is 12.5. The maximum atomic E-state index is 12.3. The van der Waals surface area contributed by atoms with E-state index in [1.807, 2.05) is 0 Å². The number of primary amides is 1. The summed E-state index contributed by atoms with van der Waals surface area (Å²) in [5.41, 5.74) is 7.65. The molecule has 1 atom stereocenters. The Labute approximate surface area is 161 Å². The zero-order valence-corrected chi connectivity index (χ0v) is 16.2. The highest BCUT2D eigenvalue weighted by Crippen LogP contribution is 2.40. The number of carbonyl (C=O) groups excluding carboxylic acids is 2. The summed E-state index contributed by atoms with van der Waals surface area (Å²) < 4.78 is 0. The van der Waals surface area contributed by atoms with Crippen LogP contribution in [0.4, 0.5) is 15.5 Å². The van der Waals surface area contributed by atoms with Gasteiger partial charge in [0.2, 0.25) is 0 Å². The van der Waals surface area contributed by atoms with Gasteiger partial charge in [0.1, 0.15) is 5.00 Å². The third-order valence-corrected chi connectivity index (χ3v) is 6.03. The number of urea groups is 1. The normalized spacial score (nSPS) is 16.0. The second-order valence-corrected chi connectivity index (χ2v) is 8.10. The average molecular weight is 392 g/mol. The number of carbonyl (C=O) groups is 2. The molecule has 26 heavy (non-hydrogen) atoms. The zero-order chi connectivity index (χ0) is 18.7. The van der Waals surface area contributed by atoms with Gasteiger partial charge in [-0.3, -0.25) is 10.1 Å². The van der Waals surface area contributed by atoms with E-state index in [4.69, 9.17) is 17.3 Å². The predicted octanol–water partition coefficient (Wildman–Crippen LogP) is 5.05. The van der Waals surface area contributed by atoms with Crippen molar-refractivity contribution in [3.8, 4) is 0 Å². The zero-order valence-electron chi connectivity index (χ0n) is 14.6. The van der Waals surface area contributed by atoms with E-state index >= 15 is 0 Å². The van der Waals surface area contributed by atoms with E-state index in [0.29, 0.717) is 27.2 Å². The molecule has 0 saturated heterocycles. The van der Waals surface area contributed by atoms with Crippen molar-refractivity contribution < 1.29 is 9.59 Å². The van der Waals surface area contributed by atoms with Crippen LogP contribution in [0.2, 0.25) is 5.02 Å². The Balaban J connectivity index is 1.79. The molecule has 0 radical (unpaired) electrons. The van der Waals surface area contributed by atoms with Gasteiger partial charge in [0.15, 0.2) is 0 Å². The number of rotatable bonds is 5. The van der Waals surface area contributed by atoms with Crippen molar-refractivity contribution in [1.82, 2.24) is 0 Å². The summed E-state index contributed by atoms with van der Waals surface area (Å²) in [6.45, 7) is 2.19. The average Bonchev–Trinajstić information content (AvgIpc) is 2.92. The summed E-state index contributed by atoms with van der Waals surface area (Å²) in [5, 5.41) is 6.58. The van der Waals surface area contributed by atoms with Crippen LogP contribution in [0.5, 0.6) is 0 Å². The Morgan fingerprint density at radius 3 is 2.85 bits per heavy atom. The van der Waals surface area contributed by atoms with Gasteiger partial charge in [0.05, 0.1) is 5.56 Å². The highest BCUT2D eigenvalue weighted by Gasteiger charge is 2.28. The fourth-order valence-corrected chi connectivity index (χ4v) is 5.04. The molecular formula is C19H22ClN3O2S. The fourth-order valence-electron chi connectivity index (χ4n) is 3.49. The molecule has 0 aliphatic heterocycles. The SMILES string of the molecule is CCCC1CCc2c(sc(NC(=O)Nc3cccc(Cl)c3)c2C(N)=O)C1. The van der Waals surface area contributed by atoms with Crippen LogP contribution in [0, 0.1) is 5.92 Å². The number of nitrogens with one attached hydrogen (secondary N) is 2. The van der Waals surface area contributed by atoms with Crippen molar-refractivity contribution >= 4 is 45.6 Å². The number of fused-ring (bicyclic) bond motifs is 1. The molecule has 0 fully saturated rings. The van der Waals surface area contributed by atoms with E-state index in [9.17, 15) is 9.59 Å². The van der Waals surface area contributed by atoms with Crippen LogP contribution in [0.25, 0.3) is 0 Å². The van der Waals surface area contributed by atoms with Gasteiger partial charge >= 0.3 is 6.03 Å². The lowest BCUT2D eigenvalue weighted by atomic mass is 9.84. The summed E-state index contributed by atoms with van der Waals surface area (Å²) in [7, 11) is 0. The van der Waals surface area contributed by atoms with Crippen molar-refractivity contribution in [2.45, 2.75) is 39.0 Å². The second-order valence-electron chi connectivity index (χ2n) is 6.56. The van der Waals surface area contributed by atoms with Crippen molar-refractivity contribution in [2.75, 3.05) is 10.6 Å². The van der Waals surface area contributed by atoms with Gasteiger partial charge in [-0.05, 0) is 48.9 Å². The first-order valence-electron chi connectivity index (χ1n) is 8.75. The van der Waals surface area contributed by atoms with Crippen LogP contribution in [0.3, 0.4) is 0 Å². The van der Waals surface area contributed by atoms with Crippen molar-refractivity contribution in [2.24, 2.45) is 11.7 Å². The minimum absolute atomic E-state index is 0.418. The van der Waals surface area contributed by atoms with Gasteiger partial charge < -0.3 is 11.1 Å². The number of amides is 3. The molecule has 1 aromatic carbocycles. The molecule has 0 spiro atoms. The Morgan fingerprint density at radius 1 is 1.35 bits per heavy atom. The van der Waals surface area contributed by atoms with Gasteiger partial charge in [-0.2, -0.15) is 0 Å². The van der Waals surface area contributed by atoms with Crippen LogP contribution in [0.1, 0.15) is 47.0 Å². The van der Waals surface area contributed by atoms with Crippen LogP contribution in [0.15, 0.2) is 24.3 Å². The van der Waals surface area contributed by atoms with Crippen molar-refractivity contribution in [3.05, 3.63) is 45.3 Å². The van der Waals surface area contributed by atoms with Gasteiger partial charge in [-0.1, -0.05) is 37.4 Å². The molecule has 2 aromatic rings. The third kappa shape index (κ3) is 4.19. The van der Waals surface area contributed by atoms with E-state index in [1.165, 1.54) is 22.6 Å². The van der Waals surface area contributed by atoms with E-state index in [2.05, 4.69) is 17.6 Å². The minimum atomic E-state index is -0.491. The van der Waals surface area contributed by atoms with Crippen molar-refractivity contribution in [3.63, 3.8) is 0 Å². The summed E-state index contributed by atoms with van der Waals surface area (Å²) >= 11 is 7.40. The second kappa shape index (κ2) is 8.10. The molecule has 3 amide bonds. The predicted molar refractivity (Wildman–Crippen MR) is 107 cm³/mol.